The second kappa shape index (κ2) is 6.03. The Kier molecular flexibility index (Phi) is 4.98. The van der Waals surface area contributed by atoms with E-state index in [-0.39, 0.29) is 18.2 Å². The van der Waals surface area contributed by atoms with E-state index < -0.39 is 6.09 Å². The van der Waals surface area contributed by atoms with Crippen molar-refractivity contribution in [3.8, 4) is 0 Å². The molecule has 1 saturated carbocycles. The van der Waals surface area contributed by atoms with E-state index in [2.05, 4.69) is 5.43 Å². The summed E-state index contributed by atoms with van der Waals surface area (Å²) in [6, 6.07) is 0.423. The Hall–Kier alpha value is -0.850. The van der Waals surface area contributed by atoms with Crippen molar-refractivity contribution in [1.29, 1.82) is 0 Å². The minimum absolute atomic E-state index is 0.145. The van der Waals surface area contributed by atoms with Crippen LogP contribution in [0.25, 0.3) is 0 Å². The largest absolute Gasteiger partial charge is 0.446 e. The van der Waals surface area contributed by atoms with Gasteiger partial charge in [0.2, 0.25) is 0 Å². The van der Waals surface area contributed by atoms with E-state index in [0.717, 1.165) is 25.7 Å². The van der Waals surface area contributed by atoms with Crippen molar-refractivity contribution in [2.45, 2.75) is 57.7 Å². The number of ether oxygens (including phenoxy) is 1. The highest BCUT2D eigenvalue weighted by Gasteiger charge is 2.24. The van der Waals surface area contributed by atoms with Crippen molar-refractivity contribution < 1.29 is 9.53 Å². The lowest BCUT2D eigenvalue weighted by Gasteiger charge is -2.32. The zero-order chi connectivity index (χ0) is 12.1. The lowest BCUT2D eigenvalue weighted by atomic mass is 9.92. The Morgan fingerprint density at radius 3 is 2.44 bits per heavy atom. The normalized spacial score (nSPS) is 25.9. The third kappa shape index (κ3) is 4.34. The van der Waals surface area contributed by atoms with E-state index in [4.69, 9.17) is 16.3 Å². The lowest BCUT2D eigenvalue weighted by molar-refractivity contribution is 0.0537. The van der Waals surface area contributed by atoms with Crippen LogP contribution >= 0.6 is 0 Å². The van der Waals surface area contributed by atoms with Gasteiger partial charge in [-0.15, -0.1) is 0 Å². The molecule has 0 atom stereocenters. The number of hydrogen-bond donors (Lipinski definition) is 3. The highest BCUT2D eigenvalue weighted by Crippen LogP contribution is 2.19. The summed E-state index contributed by atoms with van der Waals surface area (Å²) in [5, 5.41) is 1.34. The predicted molar refractivity (Wildman–Crippen MR) is 61.0 cm³/mol. The highest BCUT2D eigenvalue weighted by molar-refractivity contribution is 5.66. The summed E-state index contributed by atoms with van der Waals surface area (Å²) in [5.74, 6) is 5.75. The highest BCUT2D eigenvalue weighted by atomic mass is 16.6. The number of hydrogen-bond acceptors (Lipinski definition) is 5. The van der Waals surface area contributed by atoms with Gasteiger partial charge in [0.05, 0.1) is 6.10 Å². The van der Waals surface area contributed by atoms with E-state index in [9.17, 15) is 4.79 Å². The number of carbonyl (C=O) groups is 1. The molecule has 6 heteroatoms. The van der Waals surface area contributed by atoms with Crippen LogP contribution in [0.4, 0.5) is 4.79 Å². The number of amides is 1. The van der Waals surface area contributed by atoms with Crippen molar-refractivity contribution in [3.05, 3.63) is 0 Å². The van der Waals surface area contributed by atoms with Crippen LogP contribution in [0.1, 0.15) is 39.5 Å². The first-order valence-electron chi connectivity index (χ1n) is 5.75. The van der Waals surface area contributed by atoms with Gasteiger partial charge in [0.1, 0.15) is 0 Å². The average Bonchev–Trinajstić information content (AvgIpc) is 2.16. The SMILES string of the molecule is CC(C)OC(=O)NN(N)C1CCC(N)CC1. The Morgan fingerprint density at radius 1 is 1.38 bits per heavy atom. The molecule has 1 rings (SSSR count). The third-order valence-corrected chi connectivity index (χ3v) is 2.70. The maximum Gasteiger partial charge on any atom is 0.423 e. The first-order valence-corrected chi connectivity index (χ1v) is 5.75. The molecule has 0 heterocycles. The van der Waals surface area contributed by atoms with Crippen LogP contribution in [-0.2, 0) is 4.74 Å². The van der Waals surface area contributed by atoms with E-state index in [1.165, 1.54) is 5.12 Å². The van der Waals surface area contributed by atoms with E-state index >= 15 is 0 Å². The number of nitrogens with two attached hydrogens (primary N) is 2. The van der Waals surface area contributed by atoms with E-state index in [0.29, 0.717) is 0 Å². The summed E-state index contributed by atoms with van der Waals surface area (Å²) >= 11 is 0. The van der Waals surface area contributed by atoms with Gasteiger partial charge in [-0.1, -0.05) is 0 Å². The van der Waals surface area contributed by atoms with Crippen molar-refractivity contribution in [2.24, 2.45) is 11.6 Å². The molecule has 16 heavy (non-hydrogen) atoms. The molecule has 0 aromatic heterocycles. The molecule has 1 fully saturated rings. The number of nitrogens with zero attached hydrogens (tertiary/aromatic N) is 1. The first-order chi connectivity index (χ1) is 7.49. The summed E-state index contributed by atoms with van der Waals surface area (Å²) in [4.78, 5) is 11.3. The standard InChI is InChI=1S/C10H22N4O2/c1-7(2)16-10(15)13-14(12)9-5-3-8(11)4-6-9/h7-9H,3-6,11-12H2,1-2H3,(H,13,15). The van der Waals surface area contributed by atoms with Gasteiger partial charge in [-0.25, -0.2) is 10.2 Å². The molecule has 1 amide bonds. The molecule has 1 aliphatic rings. The van der Waals surface area contributed by atoms with Crippen LogP contribution in [0, 0.1) is 0 Å². The van der Waals surface area contributed by atoms with Crippen LogP contribution in [0.3, 0.4) is 0 Å². The van der Waals surface area contributed by atoms with Crippen LogP contribution in [0.15, 0.2) is 0 Å². The van der Waals surface area contributed by atoms with Crippen LogP contribution in [-0.4, -0.2) is 29.4 Å². The van der Waals surface area contributed by atoms with Gasteiger partial charge in [0.25, 0.3) is 0 Å². The molecule has 0 aromatic carbocycles. The van der Waals surface area contributed by atoms with E-state index in [1.54, 1.807) is 13.8 Å². The molecule has 0 unspecified atom stereocenters. The molecule has 0 saturated heterocycles. The maximum absolute atomic E-state index is 11.3. The summed E-state index contributed by atoms with van der Waals surface area (Å²) in [7, 11) is 0. The van der Waals surface area contributed by atoms with Crippen LogP contribution < -0.4 is 17.0 Å². The van der Waals surface area contributed by atoms with Crippen molar-refractivity contribution in [2.75, 3.05) is 0 Å². The second-order valence-corrected chi connectivity index (χ2v) is 4.54. The summed E-state index contributed by atoms with van der Waals surface area (Å²) < 4.78 is 4.94. The van der Waals surface area contributed by atoms with Gasteiger partial charge < -0.3 is 10.5 Å². The van der Waals surface area contributed by atoms with Crippen molar-refractivity contribution in [3.63, 3.8) is 0 Å². The van der Waals surface area contributed by atoms with Gasteiger partial charge in [0.15, 0.2) is 0 Å². The summed E-state index contributed by atoms with van der Waals surface area (Å²) in [6.45, 7) is 3.58. The topological polar surface area (TPSA) is 93.6 Å². The summed E-state index contributed by atoms with van der Waals surface area (Å²) in [5.41, 5.74) is 8.30. The van der Waals surface area contributed by atoms with Gasteiger partial charge in [-0.05, 0) is 39.5 Å². The lowest BCUT2D eigenvalue weighted by Crippen LogP contribution is -2.55. The molecule has 5 N–H and O–H groups in total. The number of hydrazine groups is 2. The zero-order valence-electron chi connectivity index (χ0n) is 9.98. The Bertz CT molecular complexity index is 227. The monoisotopic (exact) mass is 230 g/mol. The van der Waals surface area contributed by atoms with Crippen molar-refractivity contribution >= 4 is 6.09 Å². The minimum Gasteiger partial charge on any atom is -0.446 e. The molecule has 0 radical (unpaired) electrons. The zero-order valence-corrected chi connectivity index (χ0v) is 9.98. The van der Waals surface area contributed by atoms with E-state index in [1.807, 2.05) is 0 Å². The van der Waals surface area contributed by atoms with Gasteiger partial charge in [-0.2, -0.15) is 5.12 Å². The average molecular weight is 230 g/mol. The third-order valence-electron chi connectivity index (χ3n) is 2.70. The summed E-state index contributed by atoms with van der Waals surface area (Å²) in [6.07, 6.45) is 3.04. The van der Waals surface area contributed by atoms with Gasteiger partial charge in [-0.3, -0.25) is 5.84 Å². The molecule has 0 bridgehead atoms. The van der Waals surface area contributed by atoms with Gasteiger partial charge >= 0.3 is 6.09 Å². The number of carbonyl (C=O) groups excluding carboxylic acids is 1. The molecule has 0 spiro atoms. The van der Waals surface area contributed by atoms with Crippen LogP contribution in [0.5, 0.6) is 0 Å². The fourth-order valence-electron chi connectivity index (χ4n) is 1.82. The van der Waals surface area contributed by atoms with Crippen LogP contribution in [0.2, 0.25) is 0 Å². The predicted octanol–water partition coefficient (Wildman–Crippen LogP) is 0.482. The molecule has 1 aliphatic carbocycles. The quantitative estimate of drug-likeness (QED) is 0.484. The molecule has 6 nitrogen and oxygen atoms in total. The molecular formula is C10H22N4O2. The molecule has 0 aliphatic heterocycles. The molecule has 0 aromatic rings. The Labute approximate surface area is 96.2 Å². The molecule has 94 valence electrons. The Balaban J connectivity index is 2.29. The first kappa shape index (κ1) is 13.2. The minimum atomic E-state index is -0.507. The van der Waals surface area contributed by atoms with Gasteiger partial charge in [0, 0.05) is 12.1 Å². The van der Waals surface area contributed by atoms with Crippen molar-refractivity contribution in [1.82, 2.24) is 10.5 Å². The number of nitrogens with one attached hydrogen (secondary N) is 1. The number of rotatable bonds is 3. The maximum atomic E-state index is 11.3. The Morgan fingerprint density at radius 2 is 1.94 bits per heavy atom. The fraction of sp³-hybridized carbons (Fsp3) is 0.900. The fourth-order valence-corrected chi connectivity index (χ4v) is 1.82. The molecular weight excluding hydrogens is 208 g/mol. The second-order valence-electron chi connectivity index (χ2n) is 4.54. The smallest absolute Gasteiger partial charge is 0.423 e.